The Labute approximate surface area is 168 Å². The average Bonchev–Trinajstić information content (AvgIpc) is 3.09. The summed E-state index contributed by atoms with van der Waals surface area (Å²) in [5.41, 5.74) is 1.52. The van der Waals surface area contributed by atoms with Crippen molar-refractivity contribution in [1.29, 1.82) is 0 Å². The van der Waals surface area contributed by atoms with E-state index in [0.717, 1.165) is 42.9 Å². The molecule has 4 rings (SSSR count). The molecule has 0 spiro atoms. The minimum absolute atomic E-state index is 0.116. The molecular weight excluding hydrogens is 373 g/mol. The molecule has 8 heteroatoms. The molecule has 3 heterocycles. The Morgan fingerprint density at radius 1 is 1.10 bits per heavy atom. The molecule has 1 N–H and O–H groups in total. The normalized spacial score (nSPS) is 14.4. The van der Waals surface area contributed by atoms with Crippen LogP contribution in [0.15, 0.2) is 47.1 Å². The predicted molar refractivity (Wildman–Crippen MR) is 106 cm³/mol. The van der Waals surface area contributed by atoms with Gasteiger partial charge in [-0.3, -0.25) is 4.79 Å². The fraction of sp³-hybridized carbons (Fsp3) is 0.333. The number of carbonyl (C=O) groups is 1. The van der Waals surface area contributed by atoms with E-state index in [-0.39, 0.29) is 18.3 Å². The van der Waals surface area contributed by atoms with Gasteiger partial charge in [0.2, 0.25) is 5.82 Å². The zero-order valence-electron chi connectivity index (χ0n) is 16.0. The second-order valence-electron chi connectivity index (χ2n) is 7.04. The minimum atomic E-state index is -0.477. The summed E-state index contributed by atoms with van der Waals surface area (Å²) < 4.78 is 18.1. The lowest BCUT2D eigenvalue weighted by molar-refractivity contribution is 0.0907. The van der Waals surface area contributed by atoms with Crippen LogP contribution in [0.25, 0.3) is 11.4 Å². The maximum atomic E-state index is 13.0. The predicted octanol–water partition coefficient (Wildman–Crippen LogP) is 3.58. The molecule has 1 aliphatic heterocycles. The van der Waals surface area contributed by atoms with Crippen LogP contribution in [0.3, 0.4) is 0 Å². The van der Waals surface area contributed by atoms with Gasteiger partial charge >= 0.3 is 11.8 Å². The van der Waals surface area contributed by atoms with E-state index in [9.17, 15) is 9.18 Å². The van der Waals surface area contributed by atoms with Gasteiger partial charge in [-0.05, 0) is 42.7 Å². The van der Waals surface area contributed by atoms with E-state index >= 15 is 0 Å². The molecule has 1 aliphatic rings. The Morgan fingerprint density at radius 3 is 2.62 bits per heavy atom. The molecule has 0 bridgehead atoms. The summed E-state index contributed by atoms with van der Waals surface area (Å²) in [7, 11) is 0. The number of nitrogens with zero attached hydrogens (tertiary/aromatic N) is 4. The summed E-state index contributed by atoms with van der Waals surface area (Å²) in [4.78, 5) is 23.2. The van der Waals surface area contributed by atoms with Gasteiger partial charge in [-0.2, -0.15) is 4.98 Å². The monoisotopic (exact) mass is 395 g/mol. The third-order valence-corrected chi connectivity index (χ3v) is 4.92. The van der Waals surface area contributed by atoms with Gasteiger partial charge in [0.1, 0.15) is 11.6 Å². The Kier molecular flexibility index (Phi) is 5.79. The van der Waals surface area contributed by atoms with Gasteiger partial charge in [0.15, 0.2) is 0 Å². The van der Waals surface area contributed by atoms with Crippen LogP contribution in [0.1, 0.15) is 41.9 Å². The van der Waals surface area contributed by atoms with Crippen molar-refractivity contribution < 1.29 is 13.7 Å². The highest BCUT2D eigenvalue weighted by molar-refractivity contribution is 5.89. The largest absolute Gasteiger partial charge is 0.357 e. The first-order chi connectivity index (χ1) is 14.2. The first-order valence-electron chi connectivity index (χ1n) is 9.77. The van der Waals surface area contributed by atoms with E-state index in [4.69, 9.17) is 4.52 Å². The molecule has 1 aromatic carbocycles. The van der Waals surface area contributed by atoms with Gasteiger partial charge in [0.25, 0.3) is 0 Å². The molecule has 0 atom stereocenters. The number of pyridine rings is 1. The van der Waals surface area contributed by atoms with E-state index in [1.54, 1.807) is 24.4 Å². The van der Waals surface area contributed by atoms with Gasteiger partial charge < -0.3 is 14.7 Å². The lowest BCUT2D eigenvalue weighted by Crippen LogP contribution is -2.24. The van der Waals surface area contributed by atoms with Gasteiger partial charge in [-0.25, -0.2) is 9.37 Å². The van der Waals surface area contributed by atoms with Gasteiger partial charge in [0.05, 0.1) is 0 Å². The molecule has 0 saturated carbocycles. The Hall–Kier alpha value is -3.29. The van der Waals surface area contributed by atoms with E-state index in [1.165, 1.54) is 25.0 Å². The second-order valence-corrected chi connectivity index (χ2v) is 7.04. The van der Waals surface area contributed by atoms with Crippen molar-refractivity contribution in [3.63, 3.8) is 0 Å². The van der Waals surface area contributed by atoms with Crippen LogP contribution in [0.5, 0.6) is 0 Å². The summed E-state index contributed by atoms with van der Waals surface area (Å²) in [6.07, 6.45) is 6.54. The Balaban J connectivity index is 1.43. The molecule has 7 nitrogen and oxygen atoms in total. The Morgan fingerprint density at radius 2 is 1.86 bits per heavy atom. The number of anilines is 1. The van der Waals surface area contributed by atoms with Gasteiger partial charge in [-0.1, -0.05) is 30.1 Å². The maximum Gasteiger partial charge on any atom is 0.316 e. The lowest BCUT2D eigenvalue weighted by Gasteiger charge is -2.21. The number of amides is 1. The number of nitrogens with one attached hydrogen (secondary N) is 1. The highest BCUT2D eigenvalue weighted by atomic mass is 19.1. The Bertz CT molecular complexity index is 965. The average molecular weight is 395 g/mol. The number of carbonyl (C=O) groups excluding carboxylic acids is 1. The third kappa shape index (κ3) is 4.77. The van der Waals surface area contributed by atoms with E-state index in [1.807, 2.05) is 6.07 Å². The first kappa shape index (κ1) is 19.0. The fourth-order valence-electron chi connectivity index (χ4n) is 3.32. The summed E-state index contributed by atoms with van der Waals surface area (Å²) in [5, 5.41) is 6.63. The number of aromatic nitrogens is 3. The molecular formula is C21H22FN5O2. The van der Waals surface area contributed by atoms with Crippen LogP contribution in [0, 0.1) is 5.82 Å². The molecule has 1 fully saturated rings. The maximum absolute atomic E-state index is 13.0. The van der Waals surface area contributed by atoms with Crippen molar-refractivity contribution in [2.45, 2.75) is 32.2 Å². The van der Waals surface area contributed by atoms with Crippen molar-refractivity contribution in [3.05, 3.63) is 59.9 Å². The molecule has 2 aromatic heterocycles. The second kappa shape index (κ2) is 8.81. The summed E-state index contributed by atoms with van der Waals surface area (Å²) in [6, 6.07) is 9.63. The number of hydrogen-bond acceptors (Lipinski definition) is 6. The first-order valence-corrected chi connectivity index (χ1v) is 9.77. The fourth-order valence-corrected chi connectivity index (χ4v) is 3.32. The molecule has 0 unspecified atom stereocenters. The molecule has 29 heavy (non-hydrogen) atoms. The highest BCUT2D eigenvalue weighted by Gasteiger charge is 2.17. The SMILES string of the molecule is O=C(NCc1ccc(F)cc1)c1nc(-c2ccnc(N3CCCCCC3)c2)no1. The van der Waals surface area contributed by atoms with Crippen molar-refractivity contribution in [2.75, 3.05) is 18.0 Å². The van der Waals surface area contributed by atoms with E-state index in [0.29, 0.717) is 5.82 Å². The zero-order chi connectivity index (χ0) is 20.1. The van der Waals surface area contributed by atoms with Crippen LogP contribution >= 0.6 is 0 Å². The van der Waals surface area contributed by atoms with Crippen molar-refractivity contribution in [1.82, 2.24) is 20.4 Å². The van der Waals surface area contributed by atoms with Gasteiger partial charge in [-0.15, -0.1) is 0 Å². The molecule has 1 amide bonds. The number of rotatable bonds is 5. The number of benzene rings is 1. The molecule has 150 valence electrons. The zero-order valence-corrected chi connectivity index (χ0v) is 16.0. The van der Waals surface area contributed by atoms with Gasteiger partial charge in [0, 0.05) is 31.4 Å². The molecule has 0 aliphatic carbocycles. The third-order valence-electron chi connectivity index (χ3n) is 4.92. The van der Waals surface area contributed by atoms with Crippen molar-refractivity contribution in [2.24, 2.45) is 0 Å². The quantitative estimate of drug-likeness (QED) is 0.711. The van der Waals surface area contributed by atoms with Crippen LogP contribution in [0.4, 0.5) is 10.2 Å². The summed E-state index contributed by atoms with van der Waals surface area (Å²) in [6.45, 7) is 2.21. The van der Waals surface area contributed by atoms with E-state index in [2.05, 4.69) is 25.3 Å². The minimum Gasteiger partial charge on any atom is -0.357 e. The number of halogens is 1. The van der Waals surface area contributed by atoms with Crippen LogP contribution < -0.4 is 10.2 Å². The standard InChI is InChI=1S/C21H22FN5O2/c22-17-7-5-15(6-8-17)14-24-20(28)21-25-19(26-29-21)16-9-10-23-18(13-16)27-11-3-1-2-4-12-27/h5-10,13H,1-4,11-12,14H2,(H,24,28). The smallest absolute Gasteiger partial charge is 0.316 e. The van der Waals surface area contributed by atoms with Crippen molar-refractivity contribution in [3.8, 4) is 11.4 Å². The topological polar surface area (TPSA) is 84.2 Å². The van der Waals surface area contributed by atoms with Crippen molar-refractivity contribution >= 4 is 11.7 Å². The lowest BCUT2D eigenvalue weighted by atomic mass is 10.2. The number of hydrogen-bond donors (Lipinski definition) is 1. The molecule has 1 saturated heterocycles. The highest BCUT2D eigenvalue weighted by Crippen LogP contribution is 2.23. The van der Waals surface area contributed by atoms with Crippen LogP contribution in [0.2, 0.25) is 0 Å². The van der Waals surface area contributed by atoms with Crippen LogP contribution in [-0.4, -0.2) is 34.1 Å². The summed E-state index contributed by atoms with van der Waals surface area (Å²) in [5.74, 6) is 0.315. The molecule has 3 aromatic rings. The molecule has 0 radical (unpaired) electrons. The van der Waals surface area contributed by atoms with Crippen LogP contribution in [-0.2, 0) is 6.54 Å². The van der Waals surface area contributed by atoms with E-state index < -0.39 is 5.91 Å². The summed E-state index contributed by atoms with van der Waals surface area (Å²) >= 11 is 0.